The van der Waals surface area contributed by atoms with E-state index in [9.17, 15) is 4.79 Å². The molecule has 0 unspecified atom stereocenters. The fraction of sp³-hybridized carbons (Fsp3) is 0.444. The van der Waals surface area contributed by atoms with Crippen LogP contribution >= 0.6 is 0 Å². The number of amides is 1. The fourth-order valence-electron chi connectivity index (χ4n) is 2.98. The van der Waals surface area contributed by atoms with Crippen molar-refractivity contribution in [1.82, 2.24) is 25.1 Å². The predicted molar refractivity (Wildman–Crippen MR) is 93.4 cm³/mol. The first-order valence-corrected chi connectivity index (χ1v) is 8.55. The Kier molecular flexibility index (Phi) is 5.98. The first-order chi connectivity index (χ1) is 11.8. The molecule has 128 valence electrons. The van der Waals surface area contributed by atoms with Gasteiger partial charge in [-0.25, -0.2) is 4.98 Å². The molecule has 1 aliphatic heterocycles. The van der Waals surface area contributed by atoms with E-state index in [0.717, 1.165) is 38.2 Å². The Labute approximate surface area is 142 Å². The maximum atomic E-state index is 12.9. The highest BCUT2D eigenvalue weighted by Crippen LogP contribution is 2.08. The van der Waals surface area contributed by atoms with Crippen molar-refractivity contribution < 1.29 is 4.79 Å². The lowest BCUT2D eigenvalue weighted by atomic mass is 10.1. The first-order valence-electron chi connectivity index (χ1n) is 8.55. The van der Waals surface area contributed by atoms with Crippen LogP contribution in [-0.4, -0.2) is 52.6 Å². The minimum Gasteiger partial charge on any atom is -0.337 e. The Hall–Kier alpha value is -2.18. The monoisotopic (exact) mass is 327 g/mol. The van der Waals surface area contributed by atoms with Gasteiger partial charge in [0.1, 0.15) is 0 Å². The van der Waals surface area contributed by atoms with Crippen molar-refractivity contribution in [2.24, 2.45) is 0 Å². The number of piperazine rings is 1. The zero-order valence-corrected chi connectivity index (χ0v) is 13.9. The van der Waals surface area contributed by atoms with Crippen molar-refractivity contribution in [2.75, 3.05) is 26.2 Å². The molecule has 2 aromatic rings. The summed E-state index contributed by atoms with van der Waals surface area (Å²) in [4.78, 5) is 18.9. The quantitative estimate of drug-likeness (QED) is 0.792. The minimum atomic E-state index is -0.129. The molecule has 1 fully saturated rings. The third-order valence-electron chi connectivity index (χ3n) is 4.27. The molecular weight excluding hydrogens is 302 g/mol. The van der Waals surface area contributed by atoms with Crippen LogP contribution in [0.4, 0.5) is 0 Å². The van der Waals surface area contributed by atoms with Crippen LogP contribution in [0.1, 0.15) is 12.0 Å². The summed E-state index contributed by atoms with van der Waals surface area (Å²) in [7, 11) is 0. The molecule has 1 amide bonds. The van der Waals surface area contributed by atoms with Crippen molar-refractivity contribution in [3.05, 3.63) is 54.6 Å². The molecule has 1 atom stereocenters. The van der Waals surface area contributed by atoms with Gasteiger partial charge in [-0.2, -0.15) is 0 Å². The number of carbonyl (C=O) groups excluding carboxylic acids is 1. The van der Waals surface area contributed by atoms with E-state index in [1.54, 1.807) is 6.20 Å². The molecule has 2 N–H and O–H groups in total. The molecule has 24 heavy (non-hydrogen) atoms. The summed E-state index contributed by atoms with van der Waals surface area (Å²) in [5, 5.41) is 6.61. The molecule has 0 aliphatic carbocycles. The van der Waals surface area contributed by atoms with Crippen LogP contribution in [0.2, 0.25) is 0 Å². The minimum absolute atomic E-state index is 0.129. The summed E-state index contributed by atoms with van der Waals surface area (Å²) in [5.74, 6) is 0.177. The van der Waals surface area contributed by atoms with Crippen molar-refractivity contribution in [1.29, 1.82) is 0 Å². The van der Waals surface area contributed by atoms with Gasteiger partial charge in [0.15, 0.2) is 0 Å². The van der Waals surface area contributed by atoms with Crippen LogP contribution in [0, 0.1) is 0 Å². The van der Waals surface area contributed by atoms with Gasteiger partial charge in [0, 0.05) is 51.7 Å². The predicted octanol–water partition coefficient (Wildman–Crippen LogP) is 0.863. The molecule has 2 heterocycles. The van der Waals surface area contributed by atoms with E-state index in [2.05, 4.69) is 27.8 Å². The zero-order chi connectivity index (χ0) is 16.6. The highest BCUT2D eigenvalue weighted by molar-refractivity contribution is 5.82. The van der Waals surface area contributed by atoms with Gasteiger partial charge in [-0.3, -0.25) is 4.79 Å². The lowest BCUT2D eigenvalue weighted by Gasteiger charge is -2.30. The maximum Gasteiger partial charge on any atom is 0.241 e. The smallest absolute Gasteiger partial charge is 0.241 e. The van der Waals surface area contributed by atoms with E-state index in [1.165, 1.54) is 0 Å². The highest BCUT2D eigenvalue weighted by Gasteiger charge is 2.25. The molecule has 1 aromatic heterocycles. The number of nitrogens with one attached hydrogen (secondary N) is 2. The number of rotatable bonds is 7. The van der Waals surface area contributed by atoms with Gasteiger partial charge in [0.25, 0.3) is 0 Å². The largest absolute Gasteiger partial charge is 0.337 e. The molecule has 1 saturated heterocycles. The second-order valence-corrected chi connectivity index (χ2v) is 6.11. The maximum absolute atomic E-state index is 12.9. The van der Waals surface area contributed by atoms with E-state index < -0.39 is 0 Å². The summed E-state index contributed by atoms with van der Waals surface area (Å²) in [6.45, 7) is 4.72. The van der Waals surface area contributed by atoms with Gasteiger partial charge in [0.2, 0.25) is 5.91 Å². The van der Waals surface area contributed by atoms with Crippen LogP contribution in [-0.2, 0) is 17.9 Å². The number of aromatic nitrogens is 2. The van der Waals surface area contributed by atoms with Crippen molar-refractivity contribution in [2.45, 2.75) is 25.6 Å². The highest BCUT2D eigenvalue weighted by atomic mass is 16.2. The molecule has 6 heteroatoms. The SMILES string of the molecule is O=C([C@H]1CNCCN1)N(CCCn1ccnc1)Cc1ccccc1. The van der Waals surface area contributed by atoms with Crippen LogP contribution < -0.4 is 10.6 Å². The summed E-state index contributed by atoms with van der Waals surface area (Å²) in [5.41, 5.74) is 1.16. The number of imidazole rings is 1. The molecule has 0 radical (unpaired) electrons. The molecule has 1 aliphatic rings. The number of carbonyl (C=O) groups is 1. The van der Waals surface area contributed by atoms with Gasteiger partial charge in [-0.1, -0.05) is 30.3 Å². The molecule has 0 saturated carbocycles. The van der Waals surface area contributed by atoms with E-state index in [-0.39, 0.29) is 11.9 Å². The number of hydrogen-bond donors (Lipinski definition) is 2. The Balaban J connectivity index is 1.61. The number of benzene rings is 1. The number of hydrogen-bond acceptors (Lipinski definition) is 4. The molecule has 6 nitrogen and oxygen atoms in total. The van der Waals surface area contributed by atoms with Gasteiger partial charge < -0.3 is 20.1 Å². The molecular formula is C18H25N5O. The normalized spacial score (nSPS) is 17.6. The standard InChI is InChI=1S/C18H25N5O/c24-18(17-13-19-7-8-21-17)23(14-16-5-2-1-3-6-16)11-4-10-22-12-9-20-15-22/h1-3,5-6,9,12,15,17,19,21H,4,7-8,10-11,13-14H2/t17-/m1/s1. The Morgan fingerprint density at radius 1 is 1.29 bits per heavy atom. The Morgan fingerprint density at radius 3 is 2.88 bits per heavy atom. The van der Waals surface area contributed by atoms with Crippen molar-refractivity contribution >= 4 is 5.91 Å². The summed E-state index contributed by atoms with van der Waals surface area (Å²) in [6, 6.07) is 10.1. The average Bonchev–Trinajstić information content (AvgIpc) is 3.15. The summed E-state index contributed by atoms with van der Waals surface area (Å²) < 4.78 is 2.05. The van der Waals surface area contributed by atoms with Crippen LogP contribution in [0.15, 0.2) is 49.1 Å². The fourth-order valence-corrected chi connectivity index (χ4v) is 2.98. The Morgan fingerprint density at radius 2 is 2.17 bits per heavy atom. The van der Waals surface area contributed by atoms with Gasteiger partial charge in [-0.15, -0.1) is 0 Å². The lowest BCUT2D eigenvalue weighted by Crippen LogP contribution is -2.56. The van der Waals surface area contributed by atoms with Crippen molar-refractivity contribution in [3.8, 4) is 0 Å². The van der Waals surface area contributed by atoms with E-state index in [0.29, 0.717) is 13.1 Å². The third-order valence-corrected chi connectivity index (χ3v) is 4.27. The van der Waals surface area contributed by atoms with Gasteiger partial charge in [-0.05, 0) is 12.0 Å². The molecule has 3 rings (SSSR count). The second kappa shape index (κ2) is 8.61. The molecule has 0 bridgehead atoms. The zero-order valence-electron chi connectivity index (χ0n) is 13.9. The van der Waals surface area contributed by atoms with Crippen molar-refractivity contribution in [3.63, 3.8) is 0 Å². The van der Waals surface area contributed by atoms with Crippen LogP contribution in [0.25, 0.3) is 0 Å². The van der Waals surface area contributed by atoms with Gasteiger partial charge >= 0.3 is 0 Å². The first kappa shape index (κ1) is 16.7. The molecule has 1 aromatic carbocycles. The van der Waals surface area contributed by atoms with E-state index in [1.807, 2.05) is 40.2 Å². The Bertz CT molecular complexity index is 608. The summed E-state index contributed by atoms with van der Waals surface area (Å²) in [6.07, 6.45) is 6.46. The van der Waals surface area contributed by atoms with E-state index >= 15 is 0 Å². The third kappa shape index (κ3) is 4.66. The number of aryl methyl sites for hydroxylation is 1. The topological polar surface area (TPSA) is 62.2 Å². The lowest BCUT2D eigenvalue weighted by molar-refractivity contribution is -0.134. The van der Waals surface area contributed by atoms with E-state index in [4.69, 9.17) is 0 Å². The summed E-state index contributed by atoms with van der Waals surface area (Å²) >= 11 is 0. The van der Waals surface area contributed by atoms with Crippen LogP contribution in [0.5, 0.6) is 0 Å². The number of nitrogens with zero attached hydrogens (tertiary/aromatic N) is 3. The second-order valence-electron chi connectivity index (χ2n) is 6.11. The van der Waals surface area contributed by atoms with Crippen LogP contribution in [0.3, 0.4) is 0 Å². The molecule has 0 spiro atoms. The average molecular weight is 327 g/mol. The van der Waals surface area contributed by atoms with Gasteiger partial charge in [0.05, 0.1) is 12.4 Å².